The number of hydrogen-bond donors (Lipinski definition) is 0. The van der Waals surface area contributed by atoms with Crippen LogP contribution in [0.4, 0.5) is 10.1 Å². The van der Waals surface area contributed by atoms with Gasteiger partial charge in [0.25, 0.3) is 0 Å². The van der Waals surface area contributed by atoms with E-state index in [0.29, 0.717) is 0 Å². The number of rotatable bonds is 3. The average molecular weight is 305 g/mol. The molecule has 0 aromatic heterocycles. The van der Waals surface area contributed by atoms with E-state index < -0.39 is 0 Å². The van der Waals surface area contributed by atoms with E-state index in [1.54, 1.807) is 0 Å². The van der Waals surface area contributed by atoms with E-state index >= 15 is 0 Å². The normalized spacial score (nSPS) is 21.2. The first kappa shape index (κ1) is 15.3. The van der Waals surface area contributed by atoms with Crippen molar-refractivity contribution in [3.8, 4) is 0 Å². The summed E-state index contributed by atoms with van der Waals surface area (Å²) in [4.78, 5) is 19.0. The molecule has 2 heterocycles. The van der Waals surface area contributed by atoms with Crippen LogP contribution >= 0.6 is 0 Å². The number of carbonyl (C=O) groups excluding carboxylic acids is 1. The van der Waals surface area contributed by atoms with E-state index in [-0.39, 0.29) is 17.8 Å². The summed E-state index contributed by atoms with van der Waals surface area (Å²) in [5.41, 5.74) is 1.06. The standard InChI is InChI=1S/C17H24FN3O/c1-14(17(22)21-8-2-3-9-21)19-10-12-20(13-11-19)16-6-4-15(18)5-7-16/h4-7,14H,2-3,8-13H2,1H3. The molecular weight excluding hydrogens is 281 g/mol. The summed E-state index contributed by atoms with van der Waals surface area (Å²) in [5.74, 6) is 0.0694. The first-order chi connectivity index (χ1) is 10.6. The molecule has 0 bridgehead atoms. The van der Waals surface area contributed by atoms with Crippen LogP contribution in [0, 0.1) is 5.82 Å². The second-order valence-electron chi connectivity index (χ2n) is 6.21. The monoisotopic (exact) mass is 305 g/mol. The Bertz CT molecular complexity index is 505. The quantitative estimate of drug-likeness (QED) is 0.854. The molecule has 0 aliphatic carbocycles. The van der Waals surface area contributed by atoms with Gasteiger partial charge in [-0.15, -0.1) is 0 Å². The molecule has 2 fully saturated rings. The van der Waals surface area contributed by atoms with Crippen LogP contribution in [0.5, 0.6) is 0 Å². The minimum Gasteiger partial charge on any atom is -0.369 e. The lowest BCUT2D eigenvalue weighted by molar-refractivity contribution is -0.135. The number of carbonyl (C=O) groups is 1. The number of hydrogen-bond acceptors (Lipinski definition) is 3. The van der Waals surface area contributed by atoms with E-state index in [1.165, 1.54) is 12.1 Å². The minimum absolute atomic E-state index is 0.0338. The van der Waals surface area contributed by atoms with Crippen molar-refractivity contribution >= 4 is 11.6 Å². The number of amides is 1. The summed E-state index contributed by atoms with van der Waals surface area (Å²) < 4.78 is 13.0. The third kappa shape index (κ3) is 3.24. The smallest absolute Gasteiger partial charge is 0.239 e. The fourth-order valence-electron chi connectivity index (χ4n) is 3.38. The fraction of sp³-hybridized carbons (Fsp3) is 0.588. The van der Waals surface area contributed by atoms with Crippen molar-refractivity contribution in [1.82, 2.24) is 9.80 Å². The summed E-state index contributed by atoms with van der Waals surface area (Å²) in [5, 5.41) is 0. The van der Waals surface area contributed by atoms with Crippen LogP contribution < -0.4 is 4.90 Å². The number of benzene rings is 1. The molecule has 1 amide bonds. The highest BCUT2D eigenvalue weighted by Crippen LogP contribution is 2.19. The van der Waals surface area contributed by atoms with Gasteiger partial charge in [-0.25, -0.2) is 4.39 Å². The average Bonchev–Trinajstić information content (AvgIpc) is 3.09. The van der Waals surface area contributed by atoms with E-state index in [2.05, 4.69) is 9.80 Å². The summed E-state index contributed by atoms with van der Waals surface area (Å²) in [6.07, 6.45) is 2.27. The molecule has 4 nitrogen and oxygen atoms in total. The van der Waals surface area contributed by atoms with Crippen LogP contribution in [0.2, 0.25) is 0 Å². The first-order valence-corrected chi connectivity index (χ1v) is 8.18. The Hall–Kier alpha value is -1.62. The van der Waals surface area contributed by atoms with Gasteiger partial charge in [-0.1, -0.05) is 0 Å². The van der Waals surface area contributed by atoms with E-state index in [0.717, 1.165) is 57.8 Å². The van der Waals surface area contributed by atoms with E-state index in [1.807, 2.05) is 24.0 Å². The van der Waals surface area contributed by atoms with Crippen molar-refractivity contribution in [3.05, 3.63) is 30.1 Å². The van der Waals surface area contributed by atoms with Crippen molar-refractivity contribution in [3.63, 3.8) is 0 Å². The Morgan fingerprint density at radius 3 is 2.18 bits per heavy atom. The molecule has 1 atom stereocenters. The van der Waals surface area contributed by atoms with Crippen molar-refractivity contribution in [2.75, 3.05) is 44.2 Å². The molecule has 2 aliphatic heterocycles. The number of nitrogens with zero attached hydrogens (tertiary/aromatic N) is 3. The molecule has 2 saturated heterocycles. The third-order valence-electron chi connectivity index (χ3n) is 4.83. The topological polar surface area (TPSA) is 26.8 Å². The zero-order chi connectivity index (χ0) is 15.5. The van der Waals surface area contributed by atoms with Gasteiger partial charge in [0.05, 0.1) is 6.04 Å². The van der Waals surface area contributed by atoms with Crippen LogP contribution in [-0.4, -0.2) is 61.0 Å². The number of likely N-dealkylation sites (tertiary alicyclic amines) is 1. The maximum atomic E-state index is 13.0. The second kappa shape index (κ2) is 6.65. The lowest BCUT2D eigenvalue weighted by Gasteiger charge is -2.39. The van der Waals surface area contributed by atoms with Gasteiger partial charge in [-0.05, 0) is 44.0 Å². The summed E-state index contributed by atoms with van der Waals surface area (Å²) in [6, 6.07) is 6.62. The molecule has 0 N–H and O–H groups in total. The minimum atomic E-state index is -0.202. The van der Waals surface area contributed by atoms with Crippen molar-refractivity contribution in [1.29, 1.82) is 0 Å². The Morgan fingerprint density at radius 2 is 1.59 bits per heavy atom. The maximum Gasteiger partial charge on any atom is 0.239 e. The van der Waals surface area contributed by atoms with Gasteiger partial charge in [0.1, 0.15) is 5.82 Å². The predicted octanol–water partition coefficient (Wildman–Crippen LogP) is 1.96. The van der Waals surface area contributed by atoms with Crippen LogP contribution in [-0.2, 0) is 4.79 Å². The maximum absolute atomic E-state index is 13.0. The van der Waals surface area contributed by atoms with Gasteiger partial charge in [0.2, 0.25) is 5.91 Å². The number of anilines is 1. The molecule has 5 heteroatoms. The largest absolute Gasteiger partial charge is 0.369 e. The Morgan fingerprint density at radius 1 is 1.00 bits per heavy atom. The molecule has 1 aromatic rings. The summed E-state index contributed by atoms with van der Waals surface area (Å²) >= 11 is 0. The van der Waals surface area contributed by atoms with Crippen molar-refractivity contribution in [2.45, 2.75) is 25.8 Å². The molecule has 120 valence electrons. The fourth-order valence-corrected chi connectivity index (χ4v) is 3.38. The molecule has 1 unspecified atom stereocenters. The Kier molecular flexibility index (Phi) is 4.62. The summed E-state index contributed by atoms with van der Waals surface area (Å²) in [6.45, 7) is 7.36. The number of piperazine rings is 1. The van der Waals surface area contributed by atoms with Gasteiger partial charge < -0.3 is 9.80 Å². The van der Waals surface area contributed by atoms with Gasteiger partial charge in [0, 0.05) is 45.0 Å². The number of halogens is 1. The zero-order valence-corrected chi connectivity index (χ0v) is 13.2. The lowest BCUT2D eigenvalue weighted by atomic mass is 10.2. The highest BCUT2D eigenvalue weighted by molar-refractivity contribution is 5.81. The van der Waals surface area contributed by atoms with E-state index in [9.17, 15) is 9.18 Å². The SMILES string of the molecule is CC(C(=O)N1CCCC1)N1CCN(c2ccc(F)cc2)CC1. The Balaban J connectivity index is 1.54. The molecule has 0 radical (unpaired) electrons. The van der Waals surface area contributed by atoms with E-state index in [4.69, 9.17) is 0 Å². The van der Waals surface area contributed by atoms with Crippen LogP contribution in [0.25, 0.3) is 0 Å². The molecule has 0 saturated carbocycles. The van der Waals surface area contributed by atoms with Gasteiger partial charge in [-0.3, -0.25) is 9.69 Å². The molecular formula is C17H24FN3O. The first-order valence-electron chi connectivity index (χ1n) is 8.18. The summed E-state index contributed by atoms with van der Waals surface area (Å²) in [7, 11) is 0. The van der Waals surface area contributed by atoms with Crippen LogP contribution in [0.3, 0.4) is 0 Å². The van der Waals surface area contributed by atoms with Crippen LogP contribution in [0.15, 0.2) is 24.3 Å². The van der Waals surface area contributed by atoms with Crippen molar-refractivity contribution in [2.24, 2.45) is 0 Å². The van der Waals surface area contributed by atoms with Gasteiger partial charge >= 0.3 is 0 Å². The third-order valence-corrected chi connectivity index (χ3v) is 4.83. The van der Waals surface area contributed by atoms with Crippen molar-refractivity contribution < 1.29 is 9.18 Å². The highest BCUT2D eigenvalue weighted by atomic mass is 19.1. The molecule has 1 aromatic carbocycles. The molecule has 3 rings (SSSR count). The zero-order valence-electron chi connectivity index (χ0n) is 13.2. The molecule has 22 heavy (non-hydrogen) atoms. The lowest BCUT2D eigenvalue weighted by Crippen LogP contribution is -2.54. The van der Waals surface area contributed by atoms with Gasteiger partial charge in [-0.2, -0.15) is 0 Å². The molecule has 2 aliphatic rings. The second-order valence-corrected chi connectivity index (χ2v) is 6.21. The highest BCUT2D eigenvalue weighted by Gasteiger charge is 2.29. The van der Waals surface area contributed by atoms with Gasteiger partial charge in [0.15, 0.2) is 0 Å². The predicted molar refractivity (Wildman–Crippen MR) is 85.5 cm³/mol. The molecule has 0 spiro atoms. The Labute approximate surface area is 131 Å². The van der Waals surface area contributed by atoms with Crippen LogP contribution in [0.1, 0.15) is 19.8 Å².